The van der Waals surface area contributed by atoms with Crippen molar-refractivity contribution in [3.63, 3.8) is 0 Å². The standard InChI is InChI=1S/C14H18N2S/c1-10-4-5-11(2)12(6-10)7-13(15-3)14-8-16-9-17-14/h4-6,8-9,13,15H,7H2,1-3H3. The molecule has 1 aromatic carbocycles. The van der Waals surface area contributed by atoms with Crippen LogP contribution in [0.3, 0.4) is 0 Å². The zero-order valence-electron chi connectivity index (χ0n) is 10.5. The fraction of sp³-hybridized carbons (Fsp3) is 0.357. The van der Waals surface area contributed by atoms with Crippen LogP contribution in [0.15, 0.2) is 29.9 Å². The molecular weight excluding hydrogens is 228 g/mol. The SMILES string of the molecule is CNC(Cc1cc(C)ccc1C)c1cncs1. The molecule has 0 radical (unpaired) electrons. The Kier molecular flexibility index (Phi) is 3.92. The summed E-state index contributed by atoms with van der Waals surface area (Å²) in [5.74, 6) is 0. The van der Waals surface area contributed by atoms with Gasteiger partial charge in [0.1, 0.15) is 0 Å². The van der Waals surface area contributed by atoms with Gasteiger partial charge in [-0.25, -0.2) is 0 Å². The molecular formula is C14H18N2S. The first-order valence-electron chi connectivity index (χ1n) is 5.82. The third-order valence-corrected chi connectivity index (χ3v) is 3.96. The predicted molar refractivity (Wildman–Crippen MR) is 73.5 cm³/mol. The fourth-order valence-corrected chi connectivity index (χ4v) is 2.71. The minimum Gasteiger partial charge on any atom is -0.312 e. The first-order valence-corrected chi connectivity index (χ1v) is 6.70. The number of hydrogen-bond acceptors (Lipinski definition) is 3. The van der Waals surface area contributed by atoms with Gasteiger partial charge in [0.15, 0.2) is 0 Å². The molecule has 17 heavy (non-hydrogen) atoms. The lowest BCUT2D eigenvalue weighted by Gasteiger charge is -2.16. The van der Waals surface area contributed by atoms with E-state index in [9.17, 15) is 0 Å². The van der Waals surface area contributed by atoms with Crippen molar-refractivity contribution in [2.24, 2.45) is 0 Å². The average molecular weight is 246 g/mol. The maximum atomic E-state index is 4.15. The molecule has 1 heterocycles. The van der Waals surface area contributed by atoms with Gasteiger partial charge in [0, 0.05) is 17.1 Å². The quantitative estimate of drug-likeness (QED) is 0.895. The molecule has 0 spiro atoms. The predicted octanol–water partition coefficient (Wildman–Crippen LogP) is 3.26. The summed E-state index contributed by atoms with van der Waals surface area (Å²) < 4.78 is 0. The number of hydrogen-bond donors (Lipinski definition) is 1. The molecule has 1 unspecified atom stereocenters. The molecule has 90 valence electrons. The number of likely N-dealkylation sites (N-methyl/N-ethyl adjacent to an activating group) is 1. The van der Waals surface area contributed by atoms with E-state index in [4.69, 9.17) is 0 Å². The highest BCUT2D eigenvalue weighted by atomic mass is 32.1. The van der Waals surface area contributed by atoms with Crippen LogP contribution in [-0.4, -0.2) is 12.0 Å². The van der Waals surface area contributed by atoms with Crippen molar-refractivity contribution < 1.29 is 0 Å². The second-order valence-electron chi connectivity index (χ2n) is 4.38. The van der Waals surface area contributed by atoms with E-state index in [0.717, 1.165) is 6.42 Å². The Bertz CT molecular complexity index is 477. The van der Waals surface area contributed by atoms with Crippen molar-refractivity contribution >= 4 is 11.3 Å². The molecule has 0 saturated carbocycles. The molecule has 3 heteroatoms. The van der Waals surface area contributed by atoms with Crippen LogP contribution in [0.2, 0.25) is 0 Å². The van der Waals surface area contributed by atoms with Gasteiger partial charge in [0.05, 0.1) is 5.51 Å². The van der Waals surface area contributed by atoms with Crippen molar-refractivity contribution in [3.05, 3.63) is 51.5 Å². The molecule has 2 aromatic rings. The van der Waals surface area contributed by atoms with E-state index in [1.165, 1.54) is 21.6 Å². The summed E-state index contributed by atoms with van der Waals surface area (Å²) in [6.07, 6.45) is 2.98. The fourth-order valence-electron chi connectivity index (χ4n) is 1.98. The summed E-state index contributed by atoms with van der Waals surface area (Å²) in [5.41, 5.74) is 5.99. The Morgan fingerprint density at radius 1 is 1.35 bits per heavy atom. The second kappa shape index (κ2) is 5.43. The number of aromatic nitrogens is 1. The van der Waals surface area contributed by atoms with E-state index in [-0.39, 0.29) is 0 Å². The normalized spacial score (nSPS) is 12.6. The molecule has 0 fully saturated rings. The van der Waals surface area contributed by atoms with Crippen LogP contribution < -0.4 is 5.32 Å². The number of rotatable bonds is 4. The molecule has 0 amide bonds. The van der Waals surface area contributed by atoms with Crippen molar-refractivity contribution in [1.29, 1.82) is 0 Å². The molecule has 1 aromatic heterocycles. The highest BCUT2D eigenvalue weighted by Gasteiger charge is 2.12. The molecule has 2 rings (SSSR count). The zero-order chi connectivity index (χ0) is 12.3. The number of aryl methyl sites for hydroxylation is 2. The van der Waals surface area contributed by atoms with Gasteiger partial charge in [-0.05, 0) is 38.4 Å². The van der Waals surface area contributed by atoms with Gasteiger partial charge in [-0.15, -0.1) is 11.3 Å². The zero-order valence-corrected chi connectivity index (χ0v) is 11.3. The highest BCUT2D eigenvalue weighted by molar-refractivity contribution is 7.09. The van der Waals surface area contributed by atoms with Gasteiger partial charge in [-0.1, -0.05) is 23.8 Å². The van der Waals surface area contributed by atoms with Crippen LogP contribution >= 0.6 is 11.3 Å². The Morgan fingerprint density at radius 2 is 2.18 bits per heavy atom. The topological polar surface area (TPSA) is 24.9 Å². The first kappa shape index (κ1) is 12.3. The Balaban J connectivity index is 2.21. The Labute approximate surface area is 107 Å². The minimum atomic E-state index is 0.364. The van der Waals surface area contributed by atoms with Crippen LogP contribution in [0, 0.1) is 13.8 Å². The summed E-state index contributed by atoms with van der Waals surface area (Å²) in [6.45, 7) is 4.32. The number of nitrogens with zero attached hydrogens (tertiary/aromatic N) is 1. The molecule has 0 aliphatic carbocycles. The van der Waals surface area contributed by atoms with Crippen molar-refractivity contribution in [1.82, 2.24) is 10.3 Å². The van der Waals surface area contributed by atoms with Crippen LogP contribution in [0.4, 0.5) is 0 Å². The van der Waals surface area contributed by atoms with Gasteiger partial charge in [0.2, 0.25) is 0 Å². The smallest absolute Gasteiger partial charge is 0.0794 e. The van der Waals surface area contributed by atoms with Gasteiger partial charge >= 0.3 is 0 Å². The number of benzene rings is 1. The van der Waals surface area contributed by atoms with E-state index >= 15 is 0 Å². The summed E-state index contributed by atoms with van der Waals surface area (Å²) in [4.78, 5) is 5.45. The van der Waals surface area contributed by atoms with Crippen LogP contribution in [0.25, 0.3) is 0 Å². The van der Waals surface area contributed by atoms with Gasteiger partial charge in [-0.3, -0.25) is 4.98 Å². The van der Waals surface area contributed by atoms with E-state index in [2.05, 4.69) is 42.3 Å². The van der Waals surface area contributed by atoms with Gasteiger partial charge in [-0.2, -0.15) is 0 Å². The molecule has 0 aliphatic rings. The maximum Gasteiger partial charge on any atom is 0.0794 e. The van der Waals surface area contributed by atoms with E-state index in [1.54, 1.807) is 11.3 Å². The molecule has 0 saturated heterocycles. The highest BCUT2D eigenvalue weighted by Crippen LogP contribution is 2.23. The summed E-state index contributed by atoms with van der Waals surface area (Å²) >= 11 is 1.71. The minimum absolute atomic E-state index is 0.364. The van der Waals surface area contributed by atoms with E-state index in [0.29, 0.717) is 6.04 Å². The lowest BCUT2D eigenvalue weighted by atomic mass is 9.98. The van der Waals surface area contributed by atoms with Gasteiger partial charge < -0.3 is 5.32 Å². The van der Waals surface area contributed by atoms with E-state index < -0.39 is 0 Å². The third kappa shape index (κ3) is 2.93. The van der Waals surface area contributed by atoms with E-state index in [1.807, 2.05) is 18.8 Å². The first-order chi connectivity index (χ1) is 8.20. The molecule has 0 bridgehead atoms. The second-order valence-corrected chi connectivity index (χ2v) is 5.30. The monoisotopic (exact) mass is 246 g/mol. The summed E-state index contributed by atoms with van der Waals surface area (Å²) in [6, 6.07) is 7.01. The number of nitrogens with one attached hydrogen (secondary N) is 1. The summed E-state index contributed by atoms with van der Waals surface area (Å²) in [5, 5.41) is 3.37. The van der Waals surface area contributed by atoms with Crippen LogP contribution in [0.5, 0.6) is 0 Å². The van der Waals surface area contributed by atoms with Crippen LogP contribution in [0.1, 0.15) is 27.6 Å². The summed E-state index contributed by atoms with van der Waals surface area (Å²) in [7, 11) is 2.01. The van der Waals surface area contributed by atoms with Crippen molar-refractivity contribution in [2.45, 2.75) is 26.3 Å². The maximum absolute atomic E-state index is 4.15. The van der Waals surface area contributed by atoms with Crippen molar-refractivity contribution in [3.8, 4) is 0 Å². The van der Waals surface area contributed by atoms with Gasteiger partial charge in [0.25, 0.3) is 0 Å². The Morgan fingerprint density at radius 3 is 2.82 bits per heavy atom. The Hall–Kier alpha value is -1.19. The van der Waals surface area contributed by atoms with Crippen LogP contribution in [-0.2, 0) is 6.42 Å². The lowest BCUT2D eigenvalue weighted by Crippen LogP contribution is -2.18. The molecule has 2 nitrogen and oxygen atoms in total. The van der Waals surface area contributed by atoms with Crippen molar-refractivity contribution in [2.75, 3.05) is 7.05 Å². The average Bonchev–Trinajstić information content (AvgIpc) is 2.84. The molecule has 1 atom stereocenters. The molecule has 1 N–H and O–H groups in total. The lowest BCUT2D eigenvalue weighted by molar-refractivity contribution is 0.599. The largest absolute Gasteiger partial charge is 0.312 e. The third-order valence-electron chi connectivity index (χ3n) is 3.07. The molecule has 0 aliphatic heterocycles. The number of thiazole rings is 1.